The normalized spacial score (nSPS) is 11.2. The van der Waals surface area contributed by atoms with Gasteiger partial charge in [-0.05, 0) is 54.6 Å². The summed E-state index contributed by atoms with van der Waals surface area (Å²) in [5.41, 5.74) is 1.86. The van der Waals surface area contributed by atoms with Gasteiger partial charge in [-0.2, -0.15) is 27.8 Å². The second-order valence-electron chi connectivity index (χ2n) is 7.19. The van der Waals surface area contributed by atoms with Crippen LogP contribution in [0, 0.1) is 0 Å². The molecule has 0 atom stereocenters. The maximum Gasteiger partial charge on any atom is 0.387 e. The van der Waals surface area contributed by atoms with Crippen LogP contribution in [0.2, 0.25) is 5.02 Å². The Hall–Kier alpha value is -4.06. The van der Waals surface area contributed by atoms with Crippen LogP contribution < -0.4 is 9.47 Å². The number of carbonyl (C=O) groups excluding carboxylic acids is 1. The van der Waals surface area contributed by atoms with Crippen molar-refractivity contribution in [2.75, 3.05) is 7.11 Å². The molecule has 0 fully saturated rings. The number of benzene rings is 2. The Morgan fingerprint density at radius 2 is 1.44 bits per heavy atom. The molecule has 0 radical (unpaired) electrons. The van der Waals surface area contributed by atoms with Crippen LogP contribution in [0.1, 0.15) is 10.5 Å². The molecule has 0 bridgehead atoms. The summed E-state index contributed by atoms with van der Waals surface area (Å²) in [4.78, 5) is 11.7. The number of carbonyl (C=O) groups is 1. The van der Waals surface area contributed by atoms with E-state index in [1.54, 1.807) is 6.20 Å². The van der Waals surface area contributed by atoms with E-state index in [-0.39, 0.29) is 28.9 Å². The zero-order valence-electron chi connectivity index (χ0n) is 18.4. The van der Waals surface area contributed by atoms with E-state index in [9.17, 15) is 22.4 Å². The highest BCUT2D eigenvalue weighted by molar-refractivity contribution is 6.35. The van der Waals surface area contributed by atoms with Crippen molar-refractivity contribution in [1.82, 2.24) is 19.6 Å². The van der Waals surface area contributed by atoms with Crippen LogP contribution in [0.25, 0.3) is 22.5 Å². The lowest BCUT2D eigenvalue weighted by molar-refractivity contribution is -0.0505. The predicted octanol–water partition coefficient (Wildman–Crippen LogP) is 5.56. The van der Waals surface area contributed by atoms with Gasteiger partial charge in [-0.1, -0.05) is 11.6 Å². The molecule has 4 aromatic rings. The first-order chi connectivity index (χ1) is 17.2. The van der Waals surface area contributed by atoms with Gasteiger partial charge in [0.05, 0.1) is 17.8 Å². The maximum atomic E-state index is 12.5. The number of nitrogens with zero attached hydrogens (tertiary/aromatic N) is 4. The molecule has 36 heavy (non-hydrogen) atoms. The fraction of sp³-hybridized carbons (Fsp3) is 0.174. The molecular formula is C23H17ClF4N4O4. The van der Waals surface area contributed by atoms with Crippen molar-refractivity contribution in [1.29, 1.82) is 0 Å². The van der Waals surface area contributed by atoms with E-state index in [1.807, 2.05) is 0 Å². The number of rotatable bonds is 9. The minimum Gasteiger partial charge on any atom is -0.464 e. The number of hydrogen-bond acceptors (Lipinski definition) is 6. The van der Waals surface area contributed by atoms with E-state index >= 15 is 0 Å². The number of ether oxygens (including phenoxy) is 3. The fourth-order valence-corrected chi connectivity index (χ4v) is 3.74. The molecule has 13 heteroatoms. The molecule has 0 N–H and O–H groups in total. The minimum absolute atomic E-state index is 0.0217. The first-order valence-electron chi connectivity index (χ1n) is 10.2. The second kappa shape index (κ2) is 10.7. The summed E-state index contributed by atoms with van der Waals surface area (Å²) in [5, 5.41) is 8.92. The summed E-state index contributed by atoms with van der Waals surface area (Å²) in [6.07, 6.45) is 1.54. The highest BCUT2D eigenvalue weighted by atomic mass is 35.5. The van der Waals surface area contributed by atoms with Crippen molar-refractivity contribution >= 4 is 17.6 Å². The van der Waals surface area contributed by atoms with E-state index in [4.69, 9.17) is 11.6 Å². The Bertz CT molecular complexity index is 1340. The topological polar surface area (TPSA) is 80.4 Å². The molecule has 0 spiro atoms. The van der Waals surface area contributed by atoms with E-state index in [0.29, 0.717) is 22.5 Å². The van der Waals surface area contributed by atoms with Crippen LogP contribution in [-0.2, 0) is 11.4 Å². The minimum atomic E-state index is -2.97. The Balaban J connectivity index is 1.74. The third kappa shape index (κ3) is 5.60. The average molecular weight is 525 g/mol. The quantitative estimate of drug-likeness (QED) is 0.211. The highest BCUT2D eigenvalue weighted by Crippen LogP contribution is 2.37. The van der Waals surface area contributed by atoms with E-state index in [1.165, 1.54) is 71.1 Å². The molecule has 0 saturated heterocycles. The number of aromatic nitrogens is 4. The Morgan fingerprint density at radius 1 is 0.889 bits per heavy atom. The Morgan fingerprint density at radius 3 is 1.97 bits per heavy atom. The van der Waals surface area contributed by atoms with Gasteiger partial charge < -0.3 is 14.2 Å². The second-order valence-corrected chi connectivity index (χ2v) is 7.57. The standard InChI is InChI=1S/C23H17ClF4N4O4/c1-34-21(33)17-10-11-31(29-17)12-32-20(14-4-8-16(9-5-14)36-23(27)28)18(24)19(30-32)13-2-6-15(7-3-13)35-22(25)26/h2-11,22-23H,12H2,1H3. The lowest BCUT2D eigenvalue weighted by atomic mass is 10.1. The van der Waals surface area contributed by atoms with Gasteiger partial charge in [0.1, 0.15) is 23.9 Å². The monoisotopic (exact) mass is 524 g/mol. The predicted molar refractivity (Wildman–Crippen MR) is 120 cm³/mol. The van der Waals surface area contributed by atoms with Gasteiger partial charge in [-0.25, -0.2) is 9.48 Å². The number of alkyl halides is 4. The van der Waals surface area contributed by atoms with Gasteiger partial charge in [-0.3, -0.25) is 4.68 Å². The first-order valence-corrected chi connectivity index (χ1v) is 10.6. The third-order valence-electron chi connectivity index (χ3n) is 4.91. The van der Waals surface area contributed by atoms with Gasteiger partial charge in [0.15, 0.2) is 5.69 Å². The number of esters is 1. The van der Waals surface area contributed by atoms with Crippen molar-refractivity contribution in [3.05, 3.63) is 71.5 Å². The lowest BCUT2D eigenvalue weighted by Gasteiger charge is -2.10. The Kier molecular flexibility index (Phi) is 7.44. The molecule has 2 aromatic carbocycles. The van der Waals surface area contributed by atoms with Crippen LogP contribution in [0.4, 0.5) is 17.6 Å². The summed E-state index contributed by atoms with van der Waals surface area (Å²) in [6, 6.07) is 13.0. The molecular weight excluding hydrogens is 508 g/mol. The molecule has 0 amide bonds. The highest BCUT2D eigenvalue weighted by Gasteiger charge is 2.21. The molecule has 188 valence electrons. The van der Waals surface area contributed by atoms with Crippen LogP contribution in [0.5, 0.6) is 11.5 Å². The third-order valence-corrected chi connectivity index (χ3v) is 5.27. The van der Waals surface area contributed by atoms with Gasteiger partial charge in [0.2, 0.25) is 0 Å². The molecule has 0 unspecified atom stereocenters. The van der Waals surface area contributed by atoms with Crippen molar-refractivity contribution < 1.29 is 36.6 Å². The Labute approximate surface area is 206 Å². The van der Waals surface area contributed by atoms with Crippen LogP contribution in [0.15, 0.2) is 60.8 Å². The van der Waals surface area contributed by atoms with E-state index in [2.05, 4.69) is 24.4 Å². The molecule has 0 aliphatic heterocycles. The summed E-state index contributed by atoms with van der Waals surface area (Å²) in [5.74, 6) is -0.694. The zero-order chi connectivity index (χ0) is 25.8. The van der Waals surface area contributed by atoms with E-state index in [0.717, 1.165) is 0 Å². The van der Waals surface area contributed by atoms with Gasteiger partial charge in [0.25, 0.3) is 0 Å². The first kappa shape index (κ1) is 25.0. The molecule has 8 nitrogen and oxygen atoms in total. The van der Waals surface area contributed by atoms with Gasteiger partial charge in [0, 0.05) is 17.3 Å². The number of hydrogen-bond donors (Lipinski definition) is 0. The largest absolute Gasteiger partial charge is 0.464 e. The van der Waals surface area contributed by atoms with Crippen molar-refractivity contribution in [3.8, 4) is 34.0 Å². The fourth-order valence-electron chi connectivity index (χ4n) is 3.38. The van der Waals surface area contributed by atoms with Gasteiger partial charge >= 0.3 is 19.2 Å². The summed E-state index contributed by atoms with van der Waals surface area (Å²) in [7, 11) is 1.23. The lowest BCUT2D eigenvalue weighted by Crippen LogP contribution is -2.13. The van der Waals surface area contributed by atoms with Crippen molar-refractivity contribution in [2.24, 2.45) is 0 Å². The van der Waals surface area contributed by atoms with Crippen molar-refractivity contribution in [3.63, 3.8) is 0 Å². The smallest absolute Gasteiger partial charge is 0.387 e. The van der Waals surface area contributed by atoms with Crippen LogP contribution in [0.3, 0.4) is 0 Å². The van der Waals surface area contributed by atoms with Crippen molar-refractivity contribution in [2.45, 2.75) is 19.9 Å². The maximum absolute atomic E-state index is 12.5. The number of halogens is 5. The zero-order valence-corrected chi connectivity index (χ0v) is 19.2. The molecule has 0 saturated carbocycles. The van der Waals surface area contributed by atoms with Crippen LogP contribution in [-0.4, -0.2) is 45.9 Å². The number of methoxy groups -OCH3 is 1. The van der Waals surface area contributed by atoms with Gasteiger partial charge in [-0.15, -0.1) is 0 Å². The summed E-state index contributed by atoms with van der Waals surface area (Å²) >= 11 is 6.70. The molecule has 2 heterocycles. The average Bonchev–Trinajstić information content (AvgIpc) is 3.44. The van der Waals surface area contributed by atoms with Crippen LogP contribution >= 0.6 is 11.6 Å². The molecule has 0 aliphatic carbocycles. The molecule has 0 aliphatic rings. The SMILES string of the molecule is COC(=O)c1ccn(Cn2nc(-c3ccc(OC(F)F)cc3)c(Cl)c2-c2ccc(OC(F)F)cc2)n1. The van der Waals surface area contributed by atoms with E-state index < -0.39 is 19.2 Å². The summed E-state index contributed by atoms with van der Waals surface area (Å²) < 4.78 is 66.4. The summed E-state index contributed by atoms with van der Waals surface area (Å²) in [6.45, 7) is -5.92. The molecule has 2 aromatic heterocycles. The molecule has 4 rings (SSSR count).